The van der Waals surface area contributed by atoms with Gasteiger partial charge in [0.15, 0.2) is 0 Å². The van der Waals surface area contributed by atoms with Crippen LogP contribution in [0.1, 0.15) is 19.4 Å². The monoisotopic (exact) mass is 230 g/mol. The van der Waals surface area contributed by atoms with Crippen molar-refractivity contribution < 1.29 is 5.11 Å². The van der Waals surface area contributed by atoms with E-state index in [1.165, 1.54) is 0 Å². The molecular formula is C12H14N4O. The summed E-state index contributed by atoms with van der Waals surface area (Å²) in [5.41, 5.74) is 2.96. The average Bonchev–Trinajstić information content (AvgIpc) is 2.82. The Morgan fingerprint density at radius 2 is 2.29 bits per heavy atom. The Hall–Kier alpha value is -2.01. The number of allylic oxidation sites excluding steroid dienone is 1. The van der Waals surface area contributed by atoms with Gasteiger partial charge in [0.05, 0.1) is 11.8 Å². The van der Waals surface area contributed by atoms with Gasteiger partial charge in [0.25, 0.3) is 0 Å². The third kappa shape index (κ3) is 2.76. The van der Waals surface area contributed by atoms with Crippen molar-refractivity contribution in [2.45, 2.75) is 20.0 Å². The molecule has 1 aromatic heterocycles. The number of aromatic nitrogens is 4. The van der Waals surface area contributed by atoms with Gasteiger partial charge in [0, 0.05) is 0 Å². The molecule has 1 unspecified atom stereocenters. The lowest BCUT2D eigenvalue weighted by Crippen LogP contribution is -1.97. The van der Waals surface area contributed by atoms with Crippen LogP contribution in [-0.4, -0.2) is 31.4 Å². The smallest absolute Gasteiger partial charge is 0.143 e. The van der Waals surface area contributed by atoms with Crippen molar-refractivity contribution in [3.63, 3.8) is 0 Å². The first-order valence-electron chi connectivity index (χ1n) is 5.37. The third-order valence-electron chi connectivity index (χ3n) is 2.41. The van der Waals surface area contributed by atoms with Crippen LogP contribution in [0.4, 0.5) is 0 Å². The van der Waals surface area contributed by atoms with Gasteiger partial charge in [-0.2, -0.15) is 0 Å². The SMILES string of the molecule is C/C(=C/C(C)O)c1cccc(-n2cnnn2)c1. The molecule has 0 saturated carbocycles. The van der Waals surface area contributed by atoms with Crippen LogP contribution in [0.15, 0.2) is 36.7 Å². The molecule has 1 aromatic carbocycles. The van der Waals surface area contributed by atoms with Crippen molar-refractivity contribution in [2.75, 3.05) is 0 Å². The summed E-state index contributed by atoms with van der Waals surface area (Å²) in [4.78, 5) is 0. The molecule has 0 bridgehead atoms. The van der Waals surface area contributed by atoms with E-state index in [9.17, 15) is 5.11 Å². The summed E-state index contributed by atoms with van der Waals surface area (Å²) in [6.07, 6.45) is 2.90. The number of benzene rings is 1. The number of aliphatic hydroxyl groups is 1. The average molecular weight is 230 g/mol. The quantitative estimate of drug-likeness (QED) is 0.866. The van der Waals surface area contributed by atoms with E-state index >= 15 is 0 Å². The van der Waals surface area contributed by atoms with E-state index in [1.54, 1.807) is 24.0 Å². The molecule has 0 radical (unpaired) electrons. The number of hydrogen-bond acceptors (Lipinski definition) is 4. The van der Waals surface area contributed by atoms with Crippen molar-refractivity contribution in [2.24, 2.45) is 0 Å². The summed E-state index contributed by atoms with van der Waals surface area (Å²) >= 11 is 0. The molecule has 5 heteroatoms. The minimum absolute atomic E-state index is 0.452. The van der Waals surface area contributed by atoms with Gasteiger partial charge in [-0.15, -0.1) is 5.10 Å². The molecule has 1 atom stereocenters. The van der Waals surface area contributed by atoms with E-state index < -0.39 is 6.10 Å². The lowest BCUT2D eigenvalue weighted by Gasteiger charge is -2.06. The first kappa shape index (κ1) is 11.5. The van der Waals surface area contributed by atoms with Crippen molar-refractivity contribution in [3.8, 4) is 5.69 Å². The molecule has 0 saturated heterocycles. The van der Waals surface area contributed by atoms with Gasteiger partial charge in [-0.05, 0) is 47.5 Å². The largest absolute Gasteiger partial charge is 0.389 e. The predicted octanol–water partition coefficient (Wildman–Crippen LogP) is 1.45. The lowest BCUT2D eigenvalue weighted by atomic mass is 10.1. The van der Waals surface area contributed by atoms with Crippen molar-refractivity contribution in [1.82, 2.24) is 20.2 Å². The van der Waals surface area contributed by atoms with E-state index in [0.717, 1.165) is 16.8 Å². The molecule has 5 nitrogen and oxygen atoms in total. The Bertz CT molecular complexity index is 517. The summed E-state index contributed by atoms with van der Waals surface area (Å²) in [6, 6.07) is 7.83. The molecular weight excluding hydrogens is 216 g/mol. The van der Waals surface area contributed by atoms with E-state index in [0.29, 0.717) is 0 Å². The zero-order valence-corrected chi connectivity index (χ0v) is 9.78. The van der Waals surface area contributed by atoms with Gasteiger partial charge < -0.3 is 5.11 Å². The van der Waals surface area contributed by atoms with E-state index in [2.05, 4.69) is 15.5 Å². The summed E-state index contributed by atoms with van der Waals surface area (Å²) in [5, 5.41) is 20.4. The first-order valence-corrected chi connectivity index (χ1v) is 5.37. The second-order valence-corrected chi connectivity index (χ2v) is 3.90. The topological polar surface area (TPSA) is 63.8 Å². The van der Waals surface area contributed by atoms with Gasteiger partial charge in [-0.25, -0.2) is 4.68 Å². The second-order valence-electron chi connectivity index (χ2n) is 3.90. The Labute approximate surface area is 99.4 Å². The van der Waals surface area contributed by atoms with Crippen molar-refractivity contribution >= 4 is 5.57 Å². The zero-order chi connectivity index (χ0) is 12.3. The van der Waals surface area contributed by atoms with Crippen LogP contribution in [0.25, 0.3) is 11.3 Å². The molecule has 0 amide bonds. The highest BCUT2D eigenvalue weighted by atomic mass is 16.3. The predicted molar refractivity (Wildman–Crippen MR) is 64.5 cm³/mol. The maximum Gasteiger partial charge on any atom is 0.143 e. The number of nitrogens with zero attached hydrogens (tertiary/aromatic N) is 4. The lowest BCUT2D eigenvalue weighted by molar-refractivity contribution is 0.244. The molecule has 0 aliphatic rings. The van der Waals surface area contributed by atoms with Gasteiger partial charge in [-0.3, -0.25) is 0 Å². The molecule has 0 aliphatic heterocycles. The fourth-order valence-corrected chi connectivity index (χ4v) is 1.63. The first-order chi connectivity index (χ1) is 8.16. The fraction of sp³-hybridized carbons (Fsp3) is 0.250. The number of rotatable bonds is 3. The van der Waals surface area contributed by atoms with Gasteiger partial charge in [-0.1, -0.05) is 18.2 Å². The fourth-order valence-electron chi connectivity index (χ4n) is 1.63. The van der Waals surface area contributed by atoms with E-state index in [1.807, 2.05) is 31.2 Å². The summed E-state index contributed by atoms with van der Waals surface area (Å²) in [7, 11) is 0. The minimum atomic E-state index is -0.452. The van der Waals surface area contributed by atoms with Crippen LogP contribution in [0.3, 0.4) is 0 Å². The molecule has 0 spiro atoms. The Kier molecular flexibility index (Phi) is 3.30. The Morgan fingerprint density at radius 3 is 2.94 bits per heavy atom. The maximum atomic E-state index is 9.32. The van der Waals surface area contributed by atoms with Crippen LogP contribution in [0.5, 0.6) is 0 Å². The van der Waals surface area contributed by atoms with Crippen LogP contribution in [0.2, 0.25) is 0 Å². The number of hydrogen-bond donors (Lipinski definition) is 1. The molecule has 2 aromatic rings. The molecule has 88 valence electrons. The van der Waals surface area contributed by atoms with Crippen LogP contribution in [-0.2, 0) is 0 Å². The minimum Gasteiger partial charge on any atom is -0.389 e. The van der Waals surface area contributed by atoms with Gasteiger partial charge in [0.1, 0.15) is 6.33 Å². The molecule has 1 heterocycles. The summed E-state index contributed by atoms with van der Waals surface area (Å²) in [5.74, 6) is 0. The summed E-state index contributed by atoms with van der Waals surface area (Å²) < 4.78 is 1.60. The highest BCUT2D eigenvalue weighted by molar-refractivity contribution is 5.65. The Morgan fingerprint density at radius 1 is 1.47 bits per heavy atom. The van der Waals surface area contributed by atoms with E-state index in [4.69, 9.17) is 0 Å². The zero-order valence-electron chi connectivity index (χ0n) is 9.78. The number of aliphatic hydroxyl groups excluding tert-OH is 1. The van der Waals surface area contributed by atoms with Crippen LogP contribution in [0, 0.1) is 0 Å². The molecule has 2 rings (SSSR count). The van der Waals surface area contributed by atoms with Crippen LogP contribution < -0.4 is 0 Å². The summed E-state index contributed by atoms with van der Waals surface area (Å²) in [6.45, 7) is 3.69. The number of tetrazole rings is 1. The normalized spacial score (nSPS) is 13.7. The van der Waals surface area contributed by atoms with Crippen LogP contribution >= 0.6 is 0 Å². The van der Waals surface area contributed by atoms with Crippen molar-refractivity contribution in [3.05, 3.63) is 42.2 Å². The van der Waals surface area contributed by atoms with Gasteiger partial charge >= 0.3 is 0 Å². The van der Waals surface area contributed by atoms with E-state index in [-0.39, 0.29) is 0 Å². The molecule has 1 N–H and O–H groups in total. The standard InChI is InChI=1S/C12H14N4O/c1-9(6-10(2)17)11-4-3-5-12(7-11)16-8-13-14-15-16/h3-8,10,17H,1-2H3/b9-6-. The molecule has 0 aliphatic carbocycles. The Balaban J connectivity index is 2.35. The third-order valence-corrected chi connectivity index (χ3v) is 2.41. The maximum absolute atomic E-state index is 9.32. The second kappa shape index (κ2) is 4.88. The van der Waals surface area contributed by atoms with Gasteiger partial charge in [0.2, 0.25) is 0 Å². The highest BCUT2D eigenvalue weighted by Gasteiger charge is 2.02. The highest BCUT2D eigenvalue weighted by Crippen LogP contribution is 2.17. The van der Waals surface area contributed by atoms with Crippen molar-refractivity contribution in [1.29, 1.82) is 0 Å². The molecule has 17 heavy (non-hydrogen) atoms. The molecule has 0 fully saturated rings.